The van der Waals surface area contributed by atoms with Gasteiger partial charge < -0.3 is 5.32 Å². The van der Waals surface area contributed by atoms with Crippen molar-refractivity contribution >= 4 is 17.7 Å². The van der Waals surface area contributed by atoms with Crippen LogP contribution in [0.1, 0.15) is 43.7 Å². The van der Waals surface area contributed by atoms with E-state index in [2.05, 4.69) is 37.4 Å². The van der Waals surface area contributed by atoms with Gasteiger partial charge in [-0.15, -0.1) is 11.8 Å². The highest BCUT2D eigenvalue weighted by molar-refractivity contribution is 8.00. The largest absolute Gasteiger partial charge is 0.352 e. The van der Waals surface area contributed by atoms with Crippen molar-refractivity contribution in [1.29, 1.82) is 0 Å². The van der Waals surface area contributed by atoms with Crippen LogP contribution in [-0.4, -0.2) is 17.2 Å². The predicted octanol–water partition coefficient (Wildman–Crippen LogP) is 3.84. The quantitative estimate of drug-likeness (QED) is 0.847. The van der Waals surface area contributed by atoms with Gasteiger partial charge >= 0.3 is 0 Å². The van der Waals surface area contributed by atoms with E-state index in [0.717, 1.165) is 12.8 Å². The molecule has 1 fully saturated rings. The highest BCUT2D eigenvalue weighted by Crippen LogP contribution is 2.28. The minimum absolute atomic E-state index is 0.0268. The van der Waals surface area contributed by atoms with Crippen molar-refractivity contribution in [3.8, 4) is 0 Å². The maximum Gasteiger partial charge on any atom is 0.233 e. The van der Waals surface area contributed by atoms with E-state index in [4.69, 9.17) is 0 Å². The lowest BCUT2D eigenvalue weighted by molar-refractivity contribution is -0.120. The second-order valence-electron chi connectivity index (χ2n) is 5.52. The lowest BCUT2D eigenvalue weighted by Gasteiger charge is -2.17. The summed E-state index contributed by atoms with van der Waals surface area (Å²) < 4.78 is 0. The fraction of sp³-hybridized carbons (Fsp3) is 0.562. The van der Waals surface area contributed by atoms with Crippen molar-refractivity contribution in [2.24, 2.45) is 0 Å². The molecule has 104 valence electrons. The molecule has 1 aliphatic rings. The van der Waals surface area contributed by atoms with Crippen LogP contribution in [0.15, 0.2) is 23.1 Å². The van der Waals surface area contributed by atoms with Gasteiger partial charge in [0.15, 0.2) is 0 Å². The van der Waals surface area contributed by atoms with Gasteiger partial charge in [0.05, 0.1) is 5.25 Å². The van der Waals surface area contributed by atoms with Crippen LogP contribution in [0.4, 0.5) is 0 Å². The standard InChI is InChI=1S/C16H23NOS/c1-11-8-9-12(2)15(10-11)19-13(3)16(18)17-14-6-4-5-7-14/h8-10,13-14H,4-7H2,1-3H3,(H,17,18). The third kappa shape index (κ3) is 4.00. The SMILES string of the molecule is Cc1ccc(C)c(SC(C)C(=O)NC2CCCC2)c1. The third-order valence-corrected chi connectivity index (χ3v) is 4.98. The van der Waals surface area contributed by atoms with E-state index in [9.17, 15) is 4.79 Å². The monoisotopic (exact) mass is 277 g/mol. The molecule has 3 heteroatoms. The van der Waals surface area contributed by atoms with Crippen molar-refractivity contribution in [3.63, 3.8) is 0 Å². The van der Waals surface area contributed by atoms with Gasteiger partial charge in [-0.05, 0) is 45.2 Å². The molecular formula is C16H23NOS. The molecule has 0 heterocycles. The molecule has 1 aromatic carbocycles. The molecule has 0 radical (unpaired) electrons. The molecule has 1 saturated carbocycles. The van der Waals surface area contributed by atoms with Crippen molar-refractivity contribution < 1.29 is 4.79 Å². The average Bonchev–Trinajstić information content (AvgIpc) is 2.86. The smallest absolute Gasteiger partial charge is 0.233 e. The first-order valence-corrected chi connectivity index (χ1v) is 7.98. The van der Waals surface area contributed by atoms with Crippen molar-refractivity contribution in [2.75, 3.05) is 0 Å². The molecule has 1 amide bonds. The van der Waals surface area contributed by atoms with Crippen LogP contribution < -0.4 is 5.32 Å². The Balaban J connectivity index is 1.93. The molecule has 1 N–H and O–H groups in total. The van der Waals surface area contributed by atoms with Crippen LogP contribution in [-0.2, 0) is 4.79 Å². The van der Waals surface area contributed by atoms with Crippen LogP contribution in [0.25, 0.3) is 0 Å². The number of nitrogens with one attached hydrogen (secondary N) is 1. The first-order chi connectivity index (χ1) is 9.06. The fourth-order valence-corrected chi connectivity index (χ4v) is 3.53. The first kappa shape index (κ1) is 14.4. The lowest BCUT2D eigenvalue weighted by atomic mass is 10.2. The van der Waals surface area contributed by atoms with E-state index in [1.807, 2.05) is 6.92 Å². The molecule has 1 aliphatic carbocycles. The summed E-state index contributed by atoms with van der Waals surface area (Å²) in [5, 5.41) is 3.15. The van der Waals surface area contributed by atoms with E-state index < -0.39 is 0 Å². The molecule has 2 nitrogen and oxygen atoms in total. The molecule has 19 heavy (non-hydrogen) atoms. The molecule has 2 rings (SSSR count). The Hall–Kier alpha value is -0.960. The van der Waals surface area contributed by atoms with Crippen molar-refractivity contribution in [3.05, 3.63) is 29.3 Å². The van der Waals surface area contributed by atoms with Crippen LogP contribution in [0.2, 0.25) is 0 Å². The summed E-state index contributed by atoms with van der Waals surface area (Å²) in [5.74, 6) is 0.179. The maximum atomic E-state index is 12.2. The van der Waals surface area contributed by atoms with E-state index in [-0.39, 0.29) is 11.2 Å². The third-order valence-electron chi connectivity index (χ3n) is 3.72. The van der Waals surface area contributed by atoms with Crippen molar-refractivity contribution in [2.45, 2.75) is 62.6 Å². The van der Waals surface area contributed by atoms with Crippen LogP contribution in [0.3, 0.4) is 0 Å². The second-order valence-corrected chi connectivity index (χ2v) is 6.90. The molecule has 1 aromatic rings. The van der Waals surface area contributed by atoms with Crippen molar-refractivity contribution in [1.82, 2.24) is 5.32 Å². The second kappa shape index (κ2) is 6.47. The van der Waals surface area contributed by atoms with E-state index >= 15 is 0 Å². The summed E-state index contributed by atoms with van der Waals surface area (Å²) in [6.45, 7) is 6.19. The molecule has 1 unspecified atom stereocenters. The van der Waals surface area contributed by atoms with E-state index in [1.165, 1.54) is 28.9 Å². The summed E-state index contributed by atoms with van der Waals surface area (Å²) in [6.07, 6.45) is 4.80. The van der Waals surface area contributed by atoms with E-state index in [0.29, 0.717) is 6.04 Å². The van der Waals surface area contributed by atoms with Gasteiger partial charge in [-0.2, -0.15) is 0 Å². The normalized spacial score (nSPS) is 17.4. The Bertz CT molecular complexity index is 452. The first-order valence-electron chi connectivity index (χ1n) is 7.10. The number of hydrogen-bond donors (Lipinski definition) is 1. The lowest BCUT2D eigenvalue weighted by Crippen LogP contribution is -2.37. The number of rotatable bonds is 4. The van der Waals surface area contributed by atoms with Gasteiger partial charge in [-0.3, -0.25) is 4.79 Å². The Morgan fingerprint density at radius 2 is 2.00 bits per heavy atom. The number of benzene rings is 1. The van der Waals surface area contributed by atoms with Gasteiger partial charge in [0.25, 0.3) is 0 Å². The number of thioether (sulfide) groups is 1. The Labute approximate surface area is 120 Å². The maximum absolute atomic E-state index is 12.2. The van der Waals surface area contributed by atoms with E-state index in [1.54, 1.807) is 11.8 Å². The number of amides is 1. The Kier molecular flexibility index (Phi) is 4.92. The van der Waals surface area contributed by atoms with Gasteiger partial charge in [0, 0.05) is 10.9 Å². The molecule has 0 aromatic heterocycles. The topological polar surface area (TPSA) is 29.1 Å². The summed E-state index contributed by atoms with van der Waals surface area (Å²) in [5.41, 5.74) is 2.49. The van der Waals surface area contributed by atoms with Gasteiger partial charge in [-0.25, -0.2) is 0 Å². The Morgan fingerprint density at radius 3 is 2.68 bits per heavy atom. The zero-order valence-electron chi connectivity index (χ0n) is 12.0. The molecule has 1 atom stereocenters. The van der Waals surface area contributed by atoms with Gasteiger partial charge in [-0.1, -0.05) is 30.5 Å². The summed E-state index contributed by atoms with van der Waals surface area (Å²) in [4.78, 5) is 13.4. The van der Waals surface area contributed by atoms with Gasteiger partial charge in [0.1, 0.15) is 0 Å². The zero-order chi connectivity index (χ0) is 13.8. The minimum Gasteiger partial charge on any atom is -0.352 e. The molecule has 0 bridgehead atoms. The highest BCUT2D eigenvalue weighted by atomic mass is 32.2. The van der Waals surface area contributed by atoms with Crippen LogP contribution in [0.5, 0.6) is 0 Å². The number of aryl methyl sites for hydroxylation is 2. The highest BCUT2D eigenvalue weighted by Gasteiger charge is 2.21. The summed E-state index contributed by atoms with van der Waals surface area (Å²) >= 11 is 1.66. The average molecular weight is 277 g/mol. The summed E-state index contributed by atoms with van der Waals surface area (Å²) in [6, 6.07) is 6.82. The summed E-state index contributed by atoms with van der Waals surface area (Å²) in [7, 11) is 0. The number of hydrogen-bond acceptors (Lipinski definition) is 2. The van der Waals surface area contributed by atoms with Crippen LogP contribution >= 0.6 is 11.8 Å². The molecule has 0 spiro atoms. The molecular weight excluding hydrogens is 254 g/mol. The number of carbonyl (C=O) groups is 1. The molecule has 0 saturated heterocycles. The zero-order valence-corrected chi connectivity index (χ0v) is 12.8. The Morgan fingerprint density at radius 1 is 1.32 bits per heavy atom. The van der Waals surface area contributed by atoms with Gasteiger partial charge in [0.2, 0.25) is 5.91 Å². The number of carbonyl (C=O) groups excluding carboxylic acids is 1. The minimum atomic E-state index is -0.0268. The fourth-order valence-electron chi connectivity index (χ4n) is 2.47. The predicted molar refractivity (Wildman–Crippen MR) is 81.6 cm³/mol. The molecule has 0 aliphatic heterocycles. The van der Waals surface area contributed by atoms with Crippen LogP contribution in [0, 0.1) is 13.8 Å².